The molecular weight excluding hydrogens is 668 g/mol. The van der Waals surface area contributed by atoms with Gasteiger partial charge >= 0.3 is 6.03 Å². The van der Waals surface area contributed by atoms with E-state index in [2.05, 4.69) is 0 Å². The predicted molar refractivity (Wildman–Crippen MR) is 197 cm³/mol. The minimum absolute atomic E-state index is 0.135. The largest absolute Gasteiger partial charge is 0.490 e. The van der Waals surface area contributed by atoms with E-state index in [1.54, 1.807) is 72.8 Å². The molecule has 1 aliphatic rings. The number of nitrogens with zero attached hydrogens (tertiary/aromatic N) is 2. The second-order valence-corrected chi connectivity index (χ2v) is 11.7. The lowest BCUT2D eigenvalue weighted by Crippen LogP contribution is -2.57. The molecule has 4 amide bonds. The van der Waals surface area contributed by atoms with Crippen LogP contribution in [0.25, 0.3) is 6.08 Å². The number of rotatable bonds is 13. The first-order valence-corrected chi connectivity index (χ1v) is 16.8. The van der Waals surface area contributed by atoms with Crippen LogP contribution < -0.4 is 28.7 Å². The Balaban J connectivity index is 1.28. The van der Waals surface area contributed by atoms with Crippen molar-refractivity contribution in [3.63, 3.8) is 0 Å². The van der Waals surface area contributed by atoms with Crippen LogP contribution in [0.2, 0.25) is 5.02 Å². The molecule has 0 spiro atoms. The van der Waals surface area contributed by atoms with Crippen molar-refractivity contribution in [2.24, 2.45) is 0 Å². The highest BCUT2D eigenvalue weighted by Crippen LogP contribution is 2.39. The summed E-state index contributed by atoms with van der Waals surface area (Å²) in [4.78, 5) is 43.3. The summed E-state index contributed by atoms with van der Waals surface area (Å²) in [5.74, 6) is 0.271. The van der Waals surface area contributed by atoms with E-state index in [4.69, 9.17) is 30.5 Å². The molecule has 10 heteroatoms. The van der Waals surface area contributed by atoms with Crippen LogP contribution in [0.4, 0.5) is 16.2 Å². The smallest absolute Gasteiger partial charge is 0.343 e. The van der Waals surface area contributed by atoms with E-state index in [1.807, 2.05) is 62.4 Å². The number of urea groups is 1. The Hall–Kier alpha value is -6.06. The van der Waals surface area contributed by atoms with Gasteiger partial charge in [-0.1, -0.05) is 84.4 Å². The van der Waals surface area contributed by atoms with Gasteiger partial charge in [-0.2, -0.15) is 0 Å². The third-order valence-electron chi connectivity index (χ3n) is 7.85. The fourth-order valence-electron chi connectivity index (χ4n) is 5.50. The Morgan fingerprint density at radius 3 is 1.71 bits per heavy atom. The quantitative estimate of drug-likeness (QED) is 0.0894. The normalized spacial score (nSPS) is 12.9. The van der Waals surface area contributed by atoms with Crippen LogP contribution in [-0.4, -0.2) is 31.1 Å². The zero-order chi connectivity index (χ0) is 35.7. The van der Waals surface area contributed by atoms with Gasteiger partial charge in [-0.3, -0.25) is 9.59 Å². The summed E-state index contributed by atoms with van der Waals surface area (Å²) in [6, 6.07) is 34.8. The van der Waals surface area contributed by atoms with E-state index in [0.29, 0.717) is 54.0 Å². The van der Waals surface area contributed by atoms with Crippen molar-refractivity contribution in [3.8, 4) is 23.0 Å². The second-order valence-electron chi connectivity index (χ2n) is 11.3. The van der Waals surface area contributed by atoms with Gasteiger partial charge in [-0.05, 0) is 85.1 Å². The first kappa shape index (κ1) is 34.8. The van der Waals surface area contributed by atoms with Crippen molar-refractivity contribution in [2.75, 3.05) is 23.0 Å². The summed E-state index contributed by atoms with van der Waals surface area (Å²) in [6.07, 6.45) is 1.41. The standard InChI is InChI=1S/C41H35ClN2O7/c1-3-48-36-24-29(20-21-35(36)50-26-28-14-8-5-9-15-28)27-51-38-34(42)23-30(25-37(38)49-4-2)22-33-39(45)43(31-16-10-6-11-17-31)41(47)44(40(33)46)32-18-12-7-13-19-32/h5-25H,3-4,26-27H2,1-2H3. The number of hydrogen-bond donors (Lipinski definition) is 0. The van der Waals surface area contributed by atoms with Gasteiger partial charge in [0.15, 0.2) is 23.0 Å². The summed E-state index contributed by atoms with van der Waals surface area (Å²) in [6.45, 7) is 5.00. The molecule has 5 aromatic rings. The SMILES string of the molecule is CCOc1cc(COc2c(Cl)cc(C=C3C(=O)N(c4ccccc4)C(=O)N(c4ccccc4)C3=O)cc2OCC)ccc1OCc1ccccc1. The number of carbonyl (C=O) groups excluding carboxylic acids is 3. The lowest BCUT2D eigenvalue weighted by atomic mass is 10.0. The van der Waals surface area contributed by atoms with Gasteiger partial charge in [0.1, 0.15) is 18.8 Å². The van der Waals surface area contributed by atoms with Crippen molar-refractivity contribution in [1.29, 1.82) is 0 Å². The topological polar surface area (TPSA) is 94.6 Å². The van der Waals surface area contributed by atoms with Gasteiger partial charge in [0.2, 0.25) is 0 Å². The fourth-order valence-corrected chi connectivity index (χ4v) is 5.77. The van der Waals surface area contributed by atoms with Gasteiger partial charge in [0, 0.05) is 0 Å². The van der Waals surface area contributed by atoms with Crippen molar-refractivity contribution < 1.29 is 33.3 Å². The number of amides is 4. The molecule has 5 aromatic carbocycles. The molecule has 0 radical (unpaired) electrons. The second kappa shape index (κ2) is 16.1. The zero-order valence-electron chi connectivity index (χ0n) is 28.1. The molecule has 1 aliphatic heterocycles. The van der Waals surface area contributed by atoms with E-state index in [-0.39, 0.29) is 23.0 Å². The third-order valence-corrected chi connectivity index (χ3v) is 8.13. The number of halogens is 1. The molecule has 0 aliphatic carbocycles. The molecule has 0 aromatic heterocycles. The number of benzene rings is 5. The molecule has 9 nitrogen and oxygen atoms in total. The first-order valence-electron chi connectivity index (χ1n) is 16.4. The Morgan fingerprint density at radius 1 is 0.569 bits per heavy atom. The Bertz CT molecular complexity index is 1990. The zero-order valence-corrected chi connectivity index (χ0v) is 28.8. The van der Waals surface area contributed by atoms with E-state index in [1.165, 1.54) is 6.08 Å². The third kappa shape index (κ3) is 7.90. The Labute approximate surface area is 301 Å². The van der Waals surface area contributed by atoms with E-state index < -0.39 is 17.8 Å². The average Bonchev–Trinajstić information content (AvgIpc) is 3.14. The highest BCUT2D eigenvalue weighted by Gasteiger charge is 2.43. The van der Waals surface area contributed by atoms with Gasteiger partial charge in [-0.25, -0.2) is 14.6 Å². The summed E-state index contributed by atoms with van der Waals surface area (Å²) in [7, 11) is 0. The van der Waals surface area contributed by atoms with Crippen LogP contribution in [0, 0.1) is 0 Å². The number of carbonyl (C=O) groups is 3. The summed E-state index contributed by atoms with van der Waals surface area (Å²) in [5.41, 5.74) is 2.67. The first-order chi connectivity index (χ1) is 24.9. The van der Waals surface area contributed by atoms with Crippen molar-refractivity contribution in [2.45, 2.75) is 27.1 Å². The molecule has 0 N–H and O–H groups in total. The molecule has 0 bridgehead atoms. The van der Waals surface area contributed by atoms with Crippen LogP contribution in [0.3, 0.4) is 0 Å². The molecule has 1 saturated heterocycles. The lowest BCUT2D eigenvalue weighted by molar-refractivity contribution is -0.121. The number of anilines is 2. The van der Waals surface area contributed by atoms with E-state index in [9.17, 15) is 14.4 Å². The molecule has 1 fully saturated rings. The average molecular weight is 703 g/mol. The molecule has 6 rings (SSSR count). The number of imide groups is 2. The van der Waals surface area contributed by atoms with Crippen LogP contribution >= 0.6 is 11.6 Å². The maximum Gasteiger partial charge on any atom is 0.343 e. The van der Waals surface area contributed by atoms with Crippen molar-refractivity contribution >= 4 is 46.9 Å². The summed E-state index contributed by atoms with van der Waals surface area (Å²) < 4.78 is 24.0. The number of barbiturate groups is 1. The molecule has 1 heterocycles. The minimum Gasteiger partial charge on any atom is -0.490 e. The molecular formula is C41H35ClN2O7. The summed E-state index contributed by atoms with van der Waals surface area (Å²) in [5, 5.41) is 0.201. The van der Waals surface area contributed by atoms with Gasteiger partial charge in [-0.15, -0.1) is 0 Å². The van der Waals surface area contributed by atoms with Gasteiger partial charge < -0.3 is 18.9 Å². The Kier molecular flexibility index (Phi) is 11.0. The van der Waals surface area contributed by atoms with Crippen molar-refractivity contribution in [3.05, 3.63) is 149 Å². The highest BCUT2D eigenvalue weighted by atomic mass is 35.5. The van der Waals surface area contributed by atoms with Crippen LogP contribution in [0.5, 0.6) is 23.0 Å². The van der Waals surface area contributed by atoms with E-state index in [0.717, 1.165) is 20.9 Å². The van der Waals surface area contributed by atoms with Crippen LogP contribution in [0.1, 0.15) is 30.5 Å². The number of ether oxygens (including phenoxy) is 4. The lowest BCUT2D eigenvalue weighted by Gasteiger charge is -2.34. The van der Waals surface area contributed by atoms with Crippen LogP contribution in [-0.2, 0) is 22.8 Å². The molecule has 0 saturated carbocycles. The van der Waals surface area contributed by atoms with E-state index >= 15 is 0 Å². The number of hydrogen-bond acceptors (Lipinski definition) is 7. The van der Waals surface area contributed by atoms with Crippen LogP contribution in [0.15, 0.2) is 127 Å². The molecule has 51 heavy (non-hydrogen) atoms. The maximum atomic E-state index is 13.8. The van der Waals surface area contributed by atoms with Crippen molar-refractivity contribution in [1.82, 2.24) is 0 Å². The maximum absolute atomic E-state index is 13.8. The minimum atomic E-state index is -0.778. The molecule has 258 valence electrons. The summed E-state index contributed by atoms with van der Waals surface area (Å²) >= 11 is 6.78. The Morgan fingerprint density at radius 2 is 1.12 bits per heavy atom. The fraction of sp³-hybridized carbons (Fsp3) is 0.146. The molecule has 0 unspecified atom stereocenters. The predicted octanol–water partition coefficient (Wildman–Crippen LogP) is 8.88. The van der Waals surface area contributed by atoms with Gasteiger partial charge in [0.05, 0.1) is 29.6 Å². The van der Waals surface area contributed by atoms with Gasteiger partial charge in [0.25, 0.3) is 11.8 Å². The monoisotopic (exact) mass is 702 g/mol. The molecule has 0 atom stereocenters. The number of para-hydroxylation sites is 2. The highest BCUT2D eigenvalue weighted by molar-refractivity contribution is 6.46.